The summed E-state index contributed by atoms with van der Waals surface area (Å²) in [4.78, 5) is 13.1. The van der Waals surface area contributed by atoms with Crippen LogP contribution < -0.4 is 9.64 Å². The first-order valence-electron chi connectivity index (χ1n) is 11.7. The fraction of sp³-hybridized carbons (Fsp3) is 0.321. The molecule has 0 unspecified atom stereocenters. The smallest absolute Gasteiger partial charge is 0.416 e. The van der Waals surface area contributed by atoms with E-state index in [1.54, 1.807) is 6.07 Å². The van der Waals surface area contributed by atoms with Gasteiger partial charge in [0.05, 0.1) is 5.56 Å². The number of rotatable bonds is 10. The van der Waals surface area contributed by atoms with Crippen molar-refractivity contribution in [3.8, 4) is 16.9 Å². The van der Waals surface area contributed by atoms with Gasteiger partial charge >= 0.3 is 12.1 Å². The molecule has 4 nitrogen and oxygen atoms in total. The van der Waals surface area contributed by atoms with Crippen molar-refractivity contribution >= 4 is 11.7 Å². The molecule has 0 amide bonds. The Balaban J connectivity index is 1.55. The SMILES string of the molecule is Cc1cc(CN(CCC2CC2)c2cccc(-c3ccc(C(F)(F)F)cc3)c2)ccc1OCC(=O)O. The first kappa shape index (κ1) is 24.6. The molecule has 7 heteroatoms. The van der Waals surface area contributed by atoms with E-state index < -0.39 is 17.7 Å². The van der Waals surface area contributed by atoms with Crippen LogP contribution in [0.4, 0.5) is 18.9 Å². The zero-order valence-electron chi connectivity index (χ0n) is 19.5. The summed E-state index contributed by atoms with van der Waals surface area (Å²) >= 11 is 0. The number of halogens is 3. The molecule has 0 radical (unpaired) electrons. The van der Waals surface area contributed by atoms with E-state index in [1.807, 2.05) is 43.3 Å². The van der Waals surface area contributed by atoms with Crippen molar-refractivity contribution in [1.29, 1.82) is 0 Å². The van der Waals surface area contributed by atoms with Gasteiger partial charge in [-0.3, -0.25) is 0 Å². The quantitative estimate of drug-likeness (QED) is 0.339. The Kier molecular flexibility index (Phi) is 7.34. The Bertz CT molecular complexity index is 1170. The minimum atomic E-state index is -4.35. The second-order valence-corrected chi connectivity index (χ2v) is 9.06. The predicted octanol–water partition coefficient (Wildman–Crippen LogP) is 6.95. The molecule has 4 rings (SSSR count). The number of hydrogen-bond acceptors (Lipinski definition) is 3. The summed E-state index contributed by atoms with van der Waals surface area (Å²) in [6.45, 7) is 3.03. The Morgan fingerprint density at radius 2 is 1.77 bits per heavy atom. The Morgan fingerprint density at radius 1 is 1.03 bits per heavy atom. The standard InChI is InChI=1S/C28H28F3NO3/c1-19-15-21(7-12-26(19)35-18-27(33)34)17-32(14-13-20-5-6-20)25-4-2-3-23(16-25)22-8-10-24(11-9-22)28(29,30)31/h2-4,7-12,15-16,20H,5-6,13-14,17-18H2,1H3,(H,33,34). The van der Waals surface area contributed by atoms with Gasteiger partial charge in [0.15, 0.2) is 6.61 Å². The summed E-state index contributed by atoms with van der Waals surface area (Å²) < 4.78 is 44.2. The van der Waals surface area contributed by atoms with Crippen LogP contribution in [-0.4, -0.2) is 24.2 Å². The van der Waals surface area contributed by atoms with Crippen LogP contribution in [0.25, 0.3) is 11.1 Å². The molecule has 1 fully saturated rings. The Morgan fingerprint density at radius 3 is 2.40 bits per heavy atom. The van der Waals surface area contributed by atoms with Crippen LogP contribution in [0.15, 0.2) is 66.7 Å². The van der Waals surface area contributed by atoms with Crippen molar-refractivity contribution < 1.29 is 27.8 Å². The van der Waals surface area contributed by atoms with Crippen LogP contribution in [-0.2, 0) is 17.5 Å². The second kappa shape index (κ2) is 10.4. The van der Waals surface area contributed by atoms with E-state index in [4.69, 9.17) is 9.84 Å². The van der Waals surface area contributed by atoms with Crippen LogP contribution in [0.1, 0.15) is 36.0 Å². The minimum Gasteiger partial charge on any atom is -0.482 e. The van der Waals surface area contributed by atoms with Crippen molar-refractivity contribution in [3.63, 3.8) is 0 Å². The first-order valence-corrected chi connectivity index (χ1v) is 11.7. The van der Waals surface area contributed by atoms with Gasteiger partial charge in [0.1, 0.15) is 5.75 Å². The van der Waals surface area contributed by atoms with E-state index in [1.165, 1.54) is 25.0 Å². The number of ether oxygens (including phenoxy) is 1. The second-order valence-electron chi connectivity index (χ2n) is 9.06. The monoisotopic (exact) mass is 483 g/mol. The molecule has 0 bridgehead atoms. The first-order chi connectivity index (χ1) is 16.7. The van der Waals surface area contributed by atoms with Crippen LogP contribution >= 0.6 is 0 Å². The molecule has 0 aliphatic heterocycles. The number of nitrogens with zero attached hydrogens (tertiary/aromatic N) is 1. The molecule has 1 N–H and O–H groups in total. The number of benzene rings is 3. The van der Waals surface area contributed by atoms with Crippen molar-refractivity contribution in [2.45, 2.75) is 38.9 Å². The number of carbonyl (C=O) groups is 1. The molecule has 1 saturated carbocycles. The number of aliphatic carboxylic acids is 1. The number of anilines is 1. The molecule has 35 heavy (non-hydrogen) atoms. The summed E-state index contributed by atoms with van der Waals surface area (Å²) in [5.41, 5.74) is 3.88. The summed E-state index contributed by atoms with van der Waals surface area (Å²) in [5, 5.41) is 8.85. The molecule has 3 aromatic rings. The fourth-order valence-corrected chi connectivity index (χ4v) is 4.11. The van der Waals surface area contributed by atoms with Gasteiger partial charge in [-0.05, 0) is 71.8 Å². The summed E-state index contributed by atoms with van der Waals surface area (Å²) in [7, 11) is 0. The van der Waals surface area contributed by atoms with Crippen LogP contribution in [0, 0.1) is 12.8 Å². The minimum absolute atomic E-state index is 0.384. The maximum absolute atomic E-state index is 12.9. The van der Waals surface area contributed by atoms with Gasteiger partial charge in [0.25, 0.3) is 0 Å². The van der Waals surface area contributed by atoms with E-state index in [9.17, 15) is 18.0 Å². The third-order valence-corrected chi connectivity index (χ3v) is 6.22. The lowest BCUT2D eigenvalue weighted by Crippen LogP contribution is -2.24. The zero-order chi connectivity index (χ0) is 25.0. The van der Waals surface area contributed by atoms with Crippen molar-refractivity contribution in [3.05, 3.63) is 83.4 Å². The molecule has 3 aromatic carbocycles. The summed E-state index contributed by atoms with van der Waals surface area (Å²) in [6.07, 6.45) is -0.752. The lowest BCUT2D eigenvalue weighted by atomic mass is 10.0. The molecule has 0 atom stereocenters. The maximum Gasteiger partial charge on any atom is 0.416 e. The van der Waals surface area contributed by atoms with E-state index >= 15 is 0 Å². The highest BCUT2D eigenvalue weighted by molar-refractivity contribution is 5.69. The molecule has 184 valence electrons. The van der Waals surface area contributed by atoms with Crippen molar-refractivity contribution in [1.82, 2.24) is 0 Å². The highest BCUT2D eigenvalue weighted by atomic mass is 19.4. The molecule has 0 spiro atoms. The van der Waals surface area contributed by atoms with Gasteiger partial charge < -0.3 is 14.7 Å². The van der Waals surface area contributed by atoms with Crippen molar-refractivity contribution in [2.75, 3.05) is 18.1 Å². The molecule has 0 heterocycles. The number of hydrogen-bond donors (Lipinski definition) is 1. The molecule has 1 aliphatic rings. The van der Waals surface area contributed by atoms with Crippen LogP contribution in [0.2, 0.25) is 0 Å². The highest BCUT2D eigenvalue weighted by Crippen LogP contribution is 2.35. The van der Waals surface area contributed by atoms with E-state index in [0.717, 1.165) is 59.0 Å². The van der Waals surface area contributed by atoms with Crippen LogP contribution in [0.3, 0.4) is 0 Å². The maximum atomic E-state index is 12.9. The average molecular weight is 484 g/mol. The van der Waals surface area contributed by atoms with Crippen LogP contribution in [0.5, 0.6) is 5.75 Å². The molecule has 1 aliphatic carbocycles. The Hall–Kier alpha value is -3.48. The fourth-order valence-electron chi connectivity index (χ4n) is 4.11. The normalized spacial score (nSPS) is 13.5. The Labute approximate surface area is 203 Å². The highest BCUT2D eigenvalue weighted by Gasteiger charge is 2.30. The van der Waals surface area contributed by atoms with Gasteiger partial charge in [-0.15, -0.1) is 0 Å². The van der Waals surface area contributed by atoms with Gasteiger partial charge in [-0.25, -0.2) is 4.79 Å². The average Bonchev–Trinajstić information content (AvgIpc) is 3.65. The third-order valence-electron chi connectivity index (χ3n) is 6.22. The number of carboxylic acid groups (broad SMARTS) is 1. The van der Waals surface area contributed by atoms with Crippen molar-refractivity contribution in [2.24, 2.45) is 5.92 Å². The van der Waals surface area contributed by atoms with Gasteiger partial charge in [-0.2, -0.15) is 13.2 Å². The van der Waals surface area contributed by atoms with Gasteiger partial charge in [-0.1, -0.05) is 49.2 Å². The molecular formula is C28H28F3NO3. The number of alkyl halides is 3. The third kappa shape index (κ3) is 6.78. The lowest BCUT2D eigenvalue weighted by molar-refractivity contribution is -0.139. The van der Waals surface area contributed by atoms with Gasteiger partial charge in [0, 0.05) is 18.8 Å². The summed E-state index contributed by atoms with van der Waals surface area (Å²) in [5.74, 6) is 0.279. The predicted molar refractivity (Wildman–Crippen MR) is 130 cm³/mol. The van der Waals surface area contributed by atoms with E-state index in [-0.39, 0.29) is 6.61 Å². The van der Waals surface area contributed by atoms with E-state index in [0.29, 0.717) is 12.3 Å². The number of aryl methyl sites for hydroxylation is 1. The zero-order valence-corrected chi connectivity index (χ0v) is 19.5. The molecular weight excluding hydrogens is 455 g/mol. The van der Waals surface area contributed by atoms with E-state index in [2.05, 4.69) is 4.90 Å². The van der Waals surface area contributed by atoms with Gasteiger partial charge in [0.2, 0.25) is 0 Å². The lowest BCUT2D eigenvalue weighted by Gasteiger charge is -2.26. The molecule has 0 saturated heterocycles. The topological polar surface area (TPSA) is 49.8 Å². The summed E-state index contributed by atoms with van der Waals surface area (Å²) in [6, 6.07) is 18.9. The largest absolute Gasteiger partial charge is 0.482 e. The molecule has 0 aromatic heterocycles. The number of carboxylic acids is 1.